The van der Waals surface area contributed by atoms with Crippen LogP contribution in [0.2, 0.25) is 0 Å². The van der Waals surface area contributed by atoms with E-state index < -0.39 is 0 Å². The van der Waals surface area contributed by atoms with Crippen molar-refractivity contribution in [2.75, 3.05) is 19.6 Å². The number of allylic oxidation sites excluding steroid dienone is 5. The second-order valence-electron chi connectivity index (χ2n) is 6.34. The van der Waals surface area contributed by atoms with Gasteiger partial charge >= 0.3 is 0 Å². The molecule has 0 atom stereocenters. The van der Waals surface area contributed by atoms with Gasteiger partial charge in [0.25, 0.3) is 0 Å². The normalized spacial score (nSPS) is 27.6. The highest BCUT2D eigenvalue weighted by Gasteiger charge is 2.29. The van der Waals surface area contributed by atoms with Gasteiger partial charge in [0, 0.05) is 37.2 Å². The van der Waals surface area contributed by atoms with Crippen LogP contribution < -0.4 is 0 Å². The van der Waals surface area contributed by atoms with Gasteiger partial charge in [-0.2, -0.15) is 0 Å². The van der Waals surface area contributed by atoms with E-state index in [1.54, 1.807) is 16.8 Å². The second-order valence-corrected chi connectivity index (χ2v) is 6.34. The smallest absolute Gasteiger partial charge is 0.0455 e. The summed E-state index contributed by atoms with van der Waals surface area (Å²) >= 11 is 0. The van der Waals surface area contributed by atoms with Crippen molar-refractivity contribution in [1.82, 2.24) is 9.80 Å². The summed E-state index contributed by atoms with van der Waals surface area (Å²) in [5.74, 6) is 0. The molecule has 0 spiro atoms. The fourth-order valence-corrected chi connectivity index (χ4v) is 4.07. The van der Waals surface area contributed by atoms with Crippen molar-refractivity contribution < 1.29 is 0 Å². The molecule has 0 radical (unpaired) electrons. The van der Waals surface area contributed by atoms with E-state index in [0.29, 0.717) is 0 Å². The van der Waals surface area contributed by atoms with Crippen LogP contribution in [0.4, 0.5) is 0 Å². The number of hydrogen-bond donors (Lipinski definition) is 0. The van der Waals surface area contributed by atoms with Crippen molar-refractivity contribution in [3.05, 3.63) is 47.0 Å². The maximum absolute atomic E-state index is 2.65. The predicted molar refractivity (Wildman–Crippen MR) is 82.9 cm³/mol. The highest BCUT2D eigenvalue weighted by atomic mass is 15.2. The summed E-state index contributed by atoms with van der Waals surface area (Å²) in [5.41, 5.74) is 6.43. The first kappa shape index (κ1) is 12.3. The monoisotopic (exact) mass is 268 g/mol. The first-order chi connectivity index (χ1) is 9.93. The lowest BCUT2D eigenvalue weighted by Gasteiger charge is -2.33. The van der Waals surface area contributed by atoms with Crippen LogP contribution in [-0.2, 0) is 0 Å². The largest absolute Gasteiger partial charge is 0.369 e. The summed E-state index contributed by atoms with van der Waals surface area (Å²) in [6, 6.07) is 0. The van der Waals surface area contributed by atoms with E-state index in [1.165, 1.54) is 63.7 Å². The summed E-state index contributed by atoms with van der Waals surface area (Å²) in [5, 5.41) is 0. The average Bonchev–Trinajstić information content (AvgIpc) is 2.59. The summed E-state index contributed by atoms with van der Waals surface area (Å²) in [6.07, 6.45) is 18.5. The van der Waals surface area contributed by atoms with E-state index in [9.17, 15) is 0 Å². The van der Waals surface area contributed by atoms with Crippen LogP contribution in [0.15, 0.2) is 47.0 Å². The van der Waals surface area contributed by atoms with E-state index in [2.05, 4.69) is 34.2 Å². The summed E-state index contributed by atoms with van der Waals surface area (Å²) in [7, 11) is 0. The Morgan fingerprint density at radius 1 is 0.900 bits per heavy atom. The van der Waals surface area contributed by atoms with Gasteiger partial charge in [-0.3, -0.25) is 0 Å². The molecule has 2 heteroatoms. The van der Waals surface area contributed by atoms with Crippen molar-refractivity contribution in [2.45, 2.75) is 44.9 Å². The number of hydrogen-bond acceptors (Lipinski definition) is 2. The molecule has 1 aliphatic carbocycles. The SMILES string of the molecule is C1=CN2CCN3CCCC/C=C\C3=C3CCCC(=C32)C1. The molecule has 0 fully saturated rings. The molecule has 20 heavy (non-hydrogen) atoms. The molecule has 0 saturated carbocycles. The summed E-state index contributed by atoms with van der Waals surface area (Å²) < 4.78 is 0. The Bertz CT molecular complexity index is 522. The zero-order valence-corrected chi connectivity index (χ0v) is 12.3. The van der Waals surface area contributed by atoms with E-state index in [4.69, 9.17) is 0 Å². The fourth-order valence-electron chi connectivity index (χ4n) is 4.07. The molecular formula is C18H24N2. The van der Waals surface area contributed by atoms with Crippen molar-refractivity contribution in [2.24, 2.45) is 0 Å². The van der Waals surface area contributed by atoms with Crippen LogP contribution in [0.25, 0.3) is 0 Å². The molecule has 0 aromatic rings. The highest BCUT2D eigenvalue weighted by Crippen LogP contribution is 2.40. The molecule has 0 saturated heterocycles. The van der Waals surface area contributed by atoms with Gasteiger partial charge in [0.2, 0.25) is 0 Å². The van der Waals surface area contributed by atoms with Gasteiger partial charge in [0.15, 0.2) is 0 Å². The van der Waals surface area contributed by atoms with Crippen LogP contribution >= 0.6 is 0 Å². The Hall–Kier alpha value is -1.44. The molecule has 4 aliphatic rings. The first-order valence-corrected chi connectivity index (χ1v) is 8.24. The third-order valence-corrected chi connectivity index (χ3v) is 5.05. The predicted octanol–water partition coefficient (Wildman–Crippen LogP) is 3.95. The lowest BCUT2D eigenvalue weighted by Crippen LogP contribution is -2.30. The Morgan fingerprint density at radius 3 is 2.90 bits per heavy atom. The van der Waals surface area contributed by atoms with Crippen molar-refractivity contribution >= 4 is 0 Å². The molecule has 2 nitrogen and oxygen atoms in total. The van der Waals surface area contributed by atoms with E-state index in [-0.39, 0.29) is 0 Å². The van der Waals surface area contributed by atoms with Crippen molar-refractivity contribution in [1.29, 1.82) is 0 Å². The Morgan fingerprint density at radius 2 is 1.90 bits per heavy atom. The molecule has 0 unspecified atom stereocenters. The Labute approximate surface area is 122 Å². The van der Waals surface area contributed by atoms with E-state index in [0.717, 1.165) is 6.54 Å². The van der Waals surface area contributed by atoms with E-state index in [1.807, 2.05) is 0 Å². The number of rotatable bonds is 0. The molecule has 3 heterocycles. The van der Waals surface area contributed by atoms with Crippen LogP contribution in [0.3, 0.4) is 0 Å². The van der Waals surface area contributed by atoms with Gasteiger partial charge in [-0.1, -0.05) is 12.2 Å². The molecule has 0 aromatic heterocycles. The molecule has 0 aromatic carbocycles. The van der Waals surface area contributed by atoms with Crippen molar-refractivity contribution in [3.63, 3.8) is 0 Å². The molecule has 0 bridgehead atoms. The highest BCUT2D eigenvalue weighted by molar-refractivity contribution is 5.47. The maximum Gasteiger partial charge on any atom is 0.0455 e. The van der Waals surface area contributed by atoms with Crippen molar-refractivity contribution in [3.8, 4) is 0 Å². The molecular weight excluding hydrogens is 244 g/mol. The lowest BCUT2D eigenvalue weighted by molar-refractivity contribution is 0.318. The quantitative estimate of drug-likeness (QED) is 0.656. The van der Waals surface area contributed by atoms with Gasteiger partial charge < -0.3 is 9.80 Å². The standard InChI is InChI=1S/C18H24N2/c1-2-4-11-19-13-14-20-12-6-8-15-7-5-9-16(18(15)20)17(19)10-3-1/h3,6,10,12H,1-2,4-5,7-9,11,13-14H2/b10-3-. The van der Waals surface area contributed by atoms with Gasteiger partial charge in [-0.05, 0) is 62.2 Å². The molecule has 4 rings (SSSR count). The molecule has 0 amide bonds. The van der Waals surface area contributed by atoms with Gasteiger partial charge in [0.05, 0.1) is 0 Å². The van der Waals surface area contributed by atoms with Crippen LogP contribution in [-0.4, -0.2) is 29.4 Å². The average molecular weight is 268 g/mol. The third-order valence-electron chi connectivity index (χ3n) is 5.05. The van der Waals surface area contributed by atoms with Gasteiger partial charge in [-0.15, -0.1) is 0 Å². The minimum absolute atomic E-state index is 1.15. The minimum atomic E-state index is 1.15. The number of nitrogens with zero attached hydrogens (tertiary/aromatic N) is 2. The summed E-state index contributed by atoms with van der Waals surface area (Å²) in [4.78, 5) is 5.17. The van der Waals surface area contributed by atoms with Crippen LogP contribution in [0.1, 0.15) is 44.9 Å². The maximum atomic E-state index is 2.65. The zero-order chi connectivity index (χ0) is 13.4. The van der Waals surface area contributed by atoms with Gasteiger partial charge in [-0.25, -0.2) is 0 Å². The first-order valence-electron chi connectivity index (χ1n) is 8.24. The minimum Gasteiger partial charge on any atom is -0.369 e. The summed E-state index contributed by atoms with van der Waals surface area (Å²) in [6.45, 7) is 3.56. The zero-order valence-electron chi connectivity index (χ0n) is 12.3. The molecule has 0 N–H and O–H groups in total. The lowest BCUT2D eigenvalue weighted by atomic mass is 9.86. The van der Waals surface area contributed by atoms with Crippen LogP contribution in [0, 0.1) is 0 Å². The fraction of sp³-hybridized carbons (Fsp3) is 0.556. The Balaban J connectivity index is 1.85. The van der Waals surface area contributed by atoms with E-state index >= 15 is 0 Å². The second kappa shape index (κ2) is 5.16. The molecule has 106 valence electrons. The van der Waals surface area contributed by atoms with Gasteiger partial charge in [0.1, 0.15) is 0 Å². The number of fused-ring (bicyclic) bond motifs is 1. The molecule has 3 aliphatic heterocycles. The Kier molecular flexibility index (Phi) is 3.17. The van der Waals surface area contributed by atoms with Crippen LogP contribution in [0.5, 0.6) is 0 Å². The third kappa shape index (κ3) is 2.02. The topological polar surface area (TPSA) is 6.48 Å².